The molecular formula is C16H21F2NO5. The van der Waals surface area contributed by atoms with Gasteiger partial charge in [-0.05, 0) is 38.5 Å². The van der Waals surface area contributed by atoms with E-state index < -0.39 is 30.3 Å². The van der Waals surface area contributed by atoms with Crippen molar-refractivity contribution >= 4 is 12.1 Å². The van der Waals surface area contributed by atoms with E-state index in [9.17, 15) is 18.4 Å². The average molecular weight is 345 g/mol. The standard InChI is InChI=1S/C16H21F2NO5/c1-16(2,3)24-15(21)19-12(9-13(20)22-4)10-5-7-11(8-6-10)23-14(17)18/h5-8,12,14H,9H2,1-4H3,(H,19,21)/t12-/m1/s1. The number of ether oxygens (including phenoxy) is 3. The highest BCUT2D eigenvalue weighted by molar-refractivity contribution is 5.73. The van der Waals surface area contributed by atoms with Crippen LogP contribution in [0.2, 0.25) is 0 Å². The van der Waals surface area contributed by atoms with E-state index in [0.717, 1.165) is 0 Å². The van der Waals surface area contributed by atoms with E-state index >= 15 is 0 Å². The smallest absolute Gasteiger partial charge is 0.408 e. The van der Waals surface area contributed by atoms with E-state index in [-0.39, 0.29) is 12.2 Å². The summed E-state index contributed by atoms with van der Waals surface area (Å²) < 4.78 is 38.4. The van der Waals surface area contributed by atoms with Gasteiger partial charge < -0.3 is 19.5 Å². The summed E-state index contributed by atoms with van der Waals surface area (Å²) in [6, 6.07) is 4.86. The fourth-order valence-electron chi connectivity index (χ4n) is 1.83. The number of benzene rings is 1. The lowest BCUT2D eigenvalue weighted by Gasteiger charge is -2.23. The van der Waals surface area contributed by atoms with Gasteiger partial charge in [0, 0.05) is 0 Å². The molecule has 0 saturated carbocycles. The van der Waals surface area contributed by atoms with Crippen molar-refractivity contribution in [3.8, 4) is 5.75 Å². The van der Waals surface area contributed by atoms with Crippen molar-refractivity contribution in [1.82, 2.24) is 5.32 Å². The van der Waals surface area contributed by atoms with Crippen LogP contribution in [0.25, 0.3) is 0 Å². The summed E-state index contributed by atoms with van der Waals surface area (Å²) in [5.41, 5.74) is -0.178. The number of hydrogen-bond acceptors (Lipinski definition) is 5. The second-order valence-corrected chi connectivity index (χ2v) is 5.93. The molecule has 0 spiro atoms. The highest BCUT2D eigenvalue weighted by Crippen LogP contribution is 2.22. The molecule has 1 amide bonds. The molecule has 0 aliphatic carbocycles. The van der Waals surface area contributed by atoms with E-state index in [2.05, 4.69) is 14.8 Å². The molecular weight excluding hydrogens is 324 g/mol. The highest BCUT2D eigenvalue weighted by Gasteiger charge is 2.23. The highest BCUT2D eigenvalue weighted by atomic mass is 19.3. The van der Waals surface area contributed by atoms with Crippen LogP contribution in [0.15, 0.2) is 24.3 Å². The monoisotopic (exact) mass is 345 g/mol. The van der Waals surface area contributed by atoms with Crippen LogP contribution < -0.4 is 10.1 Å². The van der Waals surface area contributed by atoms with Crippen LogP contribution in [-0.4, -0.2) is 31.4 Å². The summed E-state index contributed by atoms with van der Waals surface area (Å²) in [4.78, 5) is 23.5. The Morgan fingerprint density at radius 3 is 2.21 bits per heavy atom. The Balaban J connectivity index is 2.88. The minimum atomic E-state index is -2.93. The molecule has 0 aliphatic heterocycles. The van der Waals surface area contributed by atoms with E-state index in [1.165, 1.54) is 31.4 Å². The topological polar surface area (TPSA) is 73.9 Å². The predicted octanol–water partition coefficient (Wildman–Crippen LogP) is 3.42. The largest absolute Gasteiger partial charge is 0.469 e. The number of alkyl carbamates (subject to hydrolysis) is 1. The van der Waals surface area contributed by atoms with E-state index in [1.54, 1.807) is 20.8 Å². The molecule has 0 heterocycles. The SMILES string of the molecule is COC(=O)C[C@@H](NC(=O)OC(C)(C)C)c1ccc(OC(F)F)cc1. The third-order valence-corrected chi connectivity index (χ3v) is 2.80. The van der Waals surface area contributed by atoms with Crippen molar-refractivity contribution < 1.29 is 32.6 Å². The number of carbonyl (C=O) groups excluding carboxylic acids is 2. The summed E-state index contributed by atoms with van der Waals surface area (Å²) >= 11 is 0. The molecule has 8 heteroatoms. The van der Waals surface area contributed by atoms with Crippen molar-refractivity contribution in [2.75, 3.05) is 7.11 Å². The van der Waals surface area contributed by atoms with E-state index in [4.69, 9.17) is 4.74 Å². The Bertz CT molecular complexity index is 555. The summed E-state index contributed by atoms with van der Waals surface area (Å²) in [6.45, 7) is 2.19. The predicted molar refractivity (Wildman–Crippen MR) is 81.8 cm³/mol. The Kier molecular flexibility index (Phi) is 6.94. The first-order chi connectivity index (χ1) is 11.1. The number of rotatable bonds is 6. The molecule has 0 aliphatic rings. The number of esters is 1. The van der Waals surface area contributed by atoms with Gasteiger partial charge in [-0.3, -0.25) is 4.79 Å². The lowest BCUT2D eigenvalue weighted by molar-refractivity contribution is -0.141. The first-order valence-electron chi connectivity index (χ1n) is 7.22. The zero-order chi connectivity index (χ0) is 18.3. The van der Waals surface area contributed by atoms with Crippen LogP contribution in [0.3, 0.4) is 0 Å². The summed E-state index contributed by atoms with van der Waals surface area (Å²) in [5, 5.41) is 2.56. The van der Waals surface area contributed by atoms with Gasteiger partial charge in [-0.15, -0.1) is 0 Å². The number of halogens is 2. The number of carbonyl (C=O) groups is 2. The maximum Gasteiger partial charge on any atom is 0.408 e. The maximum absolute atomic E-state index is 12.2. The normalized spacial score (nSPS) is 12.5. The molecule has 1 aromatic carbocycles. The fourth-order valence-corrected chi connectivity index (χ4v) is 1.83. The van der Waals surface area contributed by atoms with Crippen molar-refractivity contribution in [3.05, 3.63) is 29.8 Å². The summed E-state index contributed by atoms with van der Waals surface area (Å²) in [5.74, 6) is -0.563. The first kappa shape index (κ1) is 19.7. The second-order valence-electron chi connectivity index (χ2n) is 5.93. The van der Waals surface area contributed by atoms with Crippen LogP contribution in [0, 0.1) is 0 Å². The van der Waals surface area contributed by atoms with Crippen LogP contribution in [0.1, 0.15) is 38.8 Å². The van der Waals surface area contributed by atoms with Gasteiger partial charge >= 0.3 is 18.7 Å². The molecule has 0 saturated heterocycles. The molecule has 0 radical (unpaired) electrons. The molecule has 1 rings (SSSR count). The molecule has 6 nitrogen and oxygen atoms in total. The van der Waals surface area contributed by atoms with Gasteiger partial charge in [0.25, 0.3) is 0 Å². The van der Waals surface area contributed by atoms with E-state index in [1.807, 2.05) is 0 Å². The van der Waals surface area contributed by atoms with Gasteiger partial charge in [-0.25, -0.2) is 4.79 Å². The van der Waals surface area contributed by atoms with Crippen LogP contribution in [0.5, 0.6) is 5.75 Å². The average Bonchev–Trinajstić information content (AvgIpc) is 2.44. The Hall–Kier alpha value is -2.38. The van der Waals surface area contributed by atoms with Gasteiger partial charge in [0.1, 0.15) is 11.4 Å². The molecule has 1 atom stereocenters. The Labute approximate surface area is 139 Å². The minimum Gasteiger partial charge on any atom is -0.469 e. The second kappa shape index (κ2) is 8.47. The molecule has 0 bridgehead atoms. The number of alkyl halides is 2. The Morgan fingerprint density at radius 2 is 1.75 bits per heavy atom. The van der Waals surface area contributed by atoms with Gasteiger partial charge in [0.05, 0.1) is 19.6 Å². The lowest BCUT2D eigenvalue weighted by Crippen LogP contribution is -2.35. The van der Waals surface area contributed by atoms with Crippen LogP contribution in [0.4, 0.5) is 13.6 Å². The van der Waals surface area contributed by atoms with Crippen LogP contribution in [-0.2, 0) is 14.3 Å². The van der Waals surface area contributed by atoms with Crippen molar-refractivity contribution in [1.29, 1.82) is 0 Å². The van der Waals surface area contributed by atoms with Gasteiger partial charge in [0.15, 0.2) is 0 Å². The molecule has 0 fully saturated rings. The van der Waals surface area contributed by atoms with Crippen molar-refractivity contribution in [2.24, 2.45) is 0 Å². The molecule has 1 N–H and O–H groups in total. The van der Waals surface area contributed by atoms with Gasteiger partial charge in [-0.1, -0.05) is 12.1 Å². The quantitative estimate of drug-likeness (QED) is 0.800. The fraction of sp³-hybridized carbons (Fsp3) is 0.500. The lowest BCUT2D eigenvalue weighted by atomic mass is 10.0. The number of hydrogen-bond donors (Lipinski definition) is 1. The van der Waals surface area contributed by atoms with E-state index in [0.29, 0.717) is 5.56 Å². The zero-order valence-electron chi connectivity index (χ0n) is 14.0. The molecule has 0 aromatic heterocycles. The maximum atomic E-state index is 12.2. The molecule has 0 unspecified atom stereocenters. The third kappa shape index (κ3) is 7.26. The molecule has 24 heavy (non-hydrogen) atoms. The summed E-state index contributed by atoms with van der Waals surface area (Å²) in [7, 11) is 1.23. The zero-order valence-corrected chi connectivity index (χ0v) is 14.0. The van der Waals surface area contributed by atoms with Crippen LogP contribution >= 0.6 is 0 Å². The van der Waals surface area contributed by atoms with Gasteiger partial charge in [0.2, 0.25) is 0 Å². The van der Waals surface area contributed by atoms with Crippen molar-refractivity contribution in [2.45, 2.75) is 45.4 Å². The number of nitrogens with one attached hydrogen (secondary N) is 1. The third-order valence-electron chi connectivity index (χ3n) is 2.80. The molecule has 134 valence electrons. The number of methoxy groups -OCH3 is 1. The summed E-state index contributed by atoms with van der Waals surface area (Å²) in [6.07, 6.45) is -0.838. The first-order valence-corrected chi connectivity index (χ1v) is 7.22. The minimum absolute atomic E-state index is 0.0252. The Morgan fingerprint density at radius 1 is 1.17 bits per heavy atom. The molecule has 1 aromatic rings. The number of amides is 1. The van der Waals surface area contributed by atoms with Crippen molar-refractivity contribution in [3.63, 3.8) is 0 Å². The van der Waals surface area contributed by atoms with Gasteiger partial charge in [-0.2, -0.15) is 8.78 Å².